The van der Waals surface area contributed by atoms with Crippen LogP contribution in [0.4, 0.5) is 0 Å². The number of benzene rings is 1. The molecule has 24 heavy (non-hydrogen) atoms. The molecule has 1 aliphatic rings. The lowest BCUT2D eigenvalue weighted by molar-refractivity contribution is -0.123. The van der Waals surface area contributed by atoms with Gasteiger partial charge in [0.1, 0.15) is 5.75 Å². The molecule has 7 heteroatoms. The SMILES string of the molecule is CS(=O)(=O)N(CCNC(=O)COc1ccccc1)C1CCCCC1. The number of amides is 1. The number of nitrogens with zero attached hydrogens (tertiary/aromatic N) is 1. The number of carbonyl (C=O) groups is 1. The van der Waals surface area contributed by atoms with Crippen molar-refractivity contribution in [3.8, 4) is 5.75 Å². The molecular weight excluding hydrogens is 328 g/mol. The zero-order chi connectivity index (χ0) is 17.4. The minimum Gasteiger partial charge on any atom is -0.484 e. The zero-order valence-electron chi connectivity index (χ0n) is 14.1. The van der Waals surface area contributed by atoms with E-state index in [1.807, 2.05) is 18.2 Å². The van der Waals surface area contributed by atoms with E-state index in [2.05, 4.69) is 5.32 Å². The number of hydrogen-bond donors (Lipinski definition) is 1. The number of carbonyl (C=O) groups excluding carboxylic acids is 1. The van der Waals surface area contributed by atoms with Gasteiger partial charge in [0.25, 0.3) is 5.91 Å². The van der Waals surface area contributed by atoms with Gasteiger partial charge in [-0.15, -0.1) is 0 Å². The summed E-state index contributed by atoms with van der Waals surface area (Å²) >= 11 is 0. The van der Waals surface area contributed by atoms with Gasteiger partial charge in [0.15, 0.2) is 6.61 Å². The van der Waals surface area contributed by atoms with Crippen molar-refractivity contribution < 1.29 is 17.9 Å². The maximum Gasteiger partial charge on any atom is 0.257 e. The van der Waals surface area contributed by atoms with Crippen molar-refractivity contribution in [2.75, 3.05) is 26.0 Å². The molecule has 1 aromatic rings. The van der Waals surface area contributed by atoms with Gasteiger partial charge in [-0.25, -0.2) is 8.42 Å². The summed E-state index contributed by atoms with van der Waals surface area (Å²) < 4.78 is 30.9. The third kappa shape index (κ3) is 6.13. The van der Waals surface area contributed by atoms with Crippen LogP contribution < -0.4 is 10.1 Å². The Bertz CT molecular complexity index is 613. The number of nitrogens with one attached hydrogen (secondary N) is 1. The molecule has 6 nitrogen and oxygen atoms in total. The standard InChI is InChI=1S/C17H26N2O4S/c1-24(21,22)19(15-8-4-2-5-9-15)13-12-18-17(20)14-23-16-10-6-3-7-11-16/h3,6-7,10-11,15H,2,4-5,8-9,12-14H2,1H3,(H,18,20). The number of ether oxygens (including phenoxy) is 1. The Hall–Kier alpha value is -1.60. The lowest BCUT2D eigenvalue weighted by atomic mass is 9.95. The van der Waals surface area contributed by atoms with Crippen molar-refractivity contribution in [2.45, 2.75) is 38.1 Å². The molecule has 0 aromatic heterocycles. The lowest BCUT2D eigenvalue weighted by Gasteiger charge is -2.32. The van der Waals surface area contributed by atoms with Gasteiger partial charge in [0.2, 0.25) is 10.0 Å². The number of para-hydroxylation sites is 1. The second-order valence-corrected chi connectivity index (χ2v) is 8.05. The van der Waals surface area contributed by atoms with Crippen molar-refractivity contribution in [2.24, 2.45) is 0 Å². The first kappa shape index (κ1) is 18.7. The predicted molar refractivity (Wildman–Crippen MR) is 93.4 cm³/mol. The van der Waals surface area contributed by atoms with E-state index in [1.54, 1.807) is 12.1 Å². The van der Waals surface area contributed by atoms with E-state index in [-0.39, 0.29) is 18.6 Å². The van der Waals surface area contributed by atoms with Crippen LogP contribution in [0.1, 0.15) is 32.1 Å². The Kier molecular flexibility index (Phi) is 7.05. The summed E-state index contributed by atoms with van der Waals surface area (Å²) in [6.07, 6.45) is 6.34. The van der Waals surface area contributed by atoms with Crippen LogP contribution in [0.2, 0.25) is 0 Å². The van der Waals surface area contributed by atoms with Crippen molar-refractivity contribution in [1.82, 2.24) is 9.62 Å². The topological polar surface area (TPSA) is 75.7 Å². The molecule has 0 radical (unpaired) electrons. The van der Waals surface area contributed by atoms with Crippen molar-refractivity contribution >= 4 is 15.9 Å². The molecule has 0 heterocycles. The molecule has 0 bridgehead atoms. The first-order chi connectivity index (χ1) is 11.5. The summed E-state index contributed by atoms with van der Waals surface area (Å²) in [7, 11) is -3.27. The van der Waals surface area contributed by atoms with Crippen LogP contribution in [-0.2, 0) is 14.8 Å². The lowest BCUT2D eigenvalue weighted by Crippen LogP contribution is -2.45. The zero-order valence-corrected chi connectivity index (χ0v) is 14.9. The number of rotatable bonds is 8. The maximum absolute atomic E-state index is 12.0. The highest BCUT2D eigenvalue weighted by molar-refractivity contribution is 7.88. The summed E-state index contributed by atoms with van der Waals surface area (Å²) in [5.74, 6) is 0.378. The minimum absolute atomic E-state index is 0.0613. The van der Waals surface area contributed by atoms with E-state index in [4.69, 9.17) is 4.74 Å². The van der Waals surface area contributed by atoms with Gasteiger partial charge in [-0.05, 0) is 25.0 Å². The fraction of sp³-hybridized carbons (Fsp3) is 0.588. The van der Waals surface area contributed by atoms with Gasteiger partial charge in [0, 0.05) is 19.1 Å². The monoisotopic (exact) mass is 354 g/mol. The third-order valence-electron chi connectivity index (χ3n) is 4.18. The van der Waals surface area contributed by atoms with E-state index in [0.717, 1.165) is 25.7 Å². The summed E-state index contributed by atoms with van der Waals surface area (Å²) in [5, 5.41) is 2.72. The number of hydrogen-bond acceptors (Lipinski definition) is 4. The summed E-state index contributed by atoms with van der Waals surface area (Å²) in [4.78, 5) is 11.8. The van der Waals surface area contributed by atoms with Crippen molar-refractivity contribution in [3.63, 3.8) is 0 Å². The molecule has 1 aliphatic carbocycles. The normalized spacial score (nSPS) is 16.1. The first-order valence-corrected chi connectivity index (χ1v) is 10.2. The van der Waals surface area contributed by atoms with E-state index in [0.29, 0.717) is 18.8 Å². The molecule has 0 spiro atoms. The Labute approximate surface area is 144 Å². The van der Waals surface area contributed by atoms with Crippen LogP contribution in [0.25, 0.3) is 0 Å². The van der Waals surface area contributed by atoms with Crippen LogP contribution in [0.15, 0.2) is 30.3 Å². The van der Waals surface area contributed by atoms with Gasteiger partial charge in [-0.3, -0.25) is 4.79 Å². The van der Waals surface area contributed by atoms with E-state index < -0.39 is 10.0 Å². The Morgan fingerprint density at radius 2 is 1.88 bits per heavy atom. The summed E-state index contributed by atoms with van der Waals surface area (Å²) in [6, 6.07) is 9.16. The second-order valence-electron chi connectivity index (χ2n) is 6.12. The third-order valence-corrected chi connectivity index (χ3v) is 5.51. The molecule has 0 unspecified atom stereocenters. The fourth-order valence-electron chi connectivity index (χ4n) is 3.01. The summed E-state index contributed by atoms with van der Waals surface area (Å²) in [6.45, 7) is 0.521. The van der Waals surface area contributed by atoms with Crippen LogP contribution in [-0.4, -0.2) is 50.6 Å². The molecule has 0 aliphatic heterocycles. The highest BCUT2D eigenvalue weighted by Crippen LogP contribution is 2.23. The minimum atomic E-state index is -3.27. The molecule has 1 N–H and O–H groups in total. The maximum atomic E-state index is 12.0. The smallest absolute Gasteiger partial charge is 0.257 e. The Balaban J connectivity index is 1.76. The van der Waals surface area contributed by atoms with Crippen LogP contribution in [0.5, 0.6) is 5.75 Å². The predicted octanol–water partition coefficient (Wildman–Crippen LogP) is 1.78. The summed E-state index contributed by atoms with van der Waals surface area (Å²) in [5.41, 5.74) is 0. The van der Waals surface area contributed by atoms with E-state index in [1.165, 1.54) is 17.0 Å². The first-order valence-electron chi connectivity index (χ1n) is 8.38. The molecular formula is C17H26N2O4S. The van der Waals surface area contributed by atoms with Gasteiger partial charge < -0.3 is 10.1 Å². The second kappa shape index (κ2) is 9.03. The molecule has 0 saturated heterocycles. The average molecular weight is 354 g/mol. The average Bonchev–Trinajstić information content (AvgIpc) is 2.57. The van der Waals surface area contributed by atoms with Crippen LogP contribution >= 0.6 is 0 Å². The van der Waals surface area contributed by atoms with E-state index >= 15 is 0 Å². The highest BCUT2D eigenvalue weighted by Gasteiger charge is 2.27. The molecule has 1 fully saturated rings. The molecule has 1 amide bonds. The van der Waals surface area contributed by atoms with Crippen LogP contribution in [0, 0.1) is 0 Å². The van der Waals surface area contributed by atoms with Crippen molar-refractivity contribution in [3.05, 3.63) is 30.3 Å². The van der Waals surface area contributed by atoms with E-state index in [9.17, 15) is 13.2 Å². The largest absolute Gasteiger partial charge is 0.484 e. The van der Waals surface area contributed by atoms with Crippen LogP contribution in [0.3, 0.4) is 0 Å². The van der Waals surface area contributed by atoms with Crippen molar-refractivity contribution in [1.29, 1.82) is 0 Å². The Morgan fingerprint density at radius 1 is 1.21 bits per heavy atom. The van der Waals surface area contributed by atoms with Gasteiger partial charge in [0.05, 0.1) is 6.26 Å². The van der Waals surface area contributed by atoms with Gasteiger partial charge in [-0.2, -0.15) is 4.31 Å². The van der Waals surface area contributed by atoms with Gasteiger partial charge in [-0.1, -0.05) is 37.5 Å². The fourth-order valence-corrected chi connectivity index (χ4v) is 4.19. The highest BCUT2D eigenvalue weighted by atomic mass is 32.2. The molecule has 134 valence electrons. The number of sulfonamides is 1. The molecule has 0 atom stereocenters. The quantitative estimate of drug-likeness (QED) is 0.772. The van der Waals surface area contributed by atoms with Gasteiger partial charge >= 0.3 is 0 Å². The Morgan fingerprint density at radius 3 is 2.50 bits per heavy atom. The molecule has 2 rings (SSSR count). The molecule has 1 saturated carbocycles. The molecule has 1 aromatic carbocycles.